The predicted molar refractivity (Wildman–Crippen MR) is 75.4 cm³/mol. The first-order valence-corrected chi connectivity index (χ1v) is 6.81. The van der Waals surface area contributed by atoms with Crippen molar-refractivity contribution in [2.45, 2.75) is 26.3 Å². The molecule has 112 valence electrons. The Morgan fingerprint density at radius 1 is 1.19 bits per heavy atom. The molecule has 2 rings (SSSR count). The molecule has 0 bridgehead atoms. The molecule has 2 aromatic rings. The van der Waals surface area contributed by atoms with Crippen LogP contribution < -0.4 is 5.32 Å². The third kappa shape index (κ3) is 3.61. The summed E-state index contributed by atoms with van der Waals surface area (Å²) in [6.45, 7) is 4.45. The normalized spacial score (nSPS) is 12.4. The molecule has 21 heavy (non-hydrogen) atoms. The molecule has 0 fully saturated rings. The molecule has 0 aliphatic rings. The van der Waals surface area contributed by atoms with Crippen LogP contribution in [-0.2, 0) is 6.42 Å². The van der Waals surface area contributed by atoms with Gasteiger partial charge in [0.1, 0.15) is 0 Å². The van der Waals surface area contributed by atoms with E-state index in [-0.39, 0.29) is 6.04 Å². The molecule has 0 amide bonds. The van der Waals surface area contributed by atoms with Gasteiger partial charge in [-0.25, -0.2) is 13.2 Å². The average molecular weight is 294 g/mol. The molecule has 2 nitrogen and oxygen atoms in total. The van der Waals surface area contributed by atoms with E-state index in [2.05, 4.69) is 10.3 Å². The van der Waals surface area contributed by atoms with Crippen LogP contribution in [0.1, 0.15) is 29.8 Å². The summed E-state index contributed by atoms with van der Waals surface area (Å²) >= 11 is 0. The van der Waals surface area contributed by atoms with Crippen LogP contribution in [-0.4, -0.2) is 11.5 Å². The highest BCUT2D eigenvalue weighted by atomic mass is 19.2. The fraction of sp³-hybridized carbons (Fsp3) is 0.312. The second-order valence-corrected chi connectivity index (χ2v) is 4.88. The van der Waals surface area contributed by atoms with Crippen molar-refractivity contribution in [2.24, 2.45) is 0 Å². The summed E-state index contributed by atoms with van der Waals surface area (Å²) in [5.74, 6) is -3.79. The molecule has 0 saturated carbocycles. The van der Waals surface area contributed by atoms with Crippen molar-refractivity contribution in [1.29, 1.82) is 0 Å². The zero-order valence-electron chi connectivity index (χ0n) is 12.0. The molecule has 1 heterocycles. The van der Waals surface area contributed by atoms with Gasteiger partial charge in [-0.2, -0.15) is 0 Å². The lowest BCUT2D eigenvalue weighted by molar-refractivity contribution is 0.439. The summed E-state index contributed by atoms with van der Waals surface area (Å²) in [5, 5.41) is 3.15. The summed E-state index contributed by atoms with van der Waals surface area (Å²) in [6.07, 6.45) is 2.15. The maximum atomic E-state index is 13.4. The standard InChI is InChI=1S/C16H17F3N2/c1-3-20-15(9-14-10(2)5-4-6-21-14)11-7-12(17)16(19)13(18)8-11/h4-8,15,20H,3,9H2,1-2H3. The van der Waals surface area contributed by atoms with Crippen LogP contribution in [0.4, 0.5) is 13.2 Å². The zero-order valence-corrected chi connectivity index (χ0v) is 12.0. The van der Waals surface area contributed by atoms with Crippen molar-refractivity contribution >= 4 is 0 Å². The minimum Gasteiger partial charge on any atom is -0.310 e. The fourth-order valence-corrected chi connectivity index (χ4v) is 2.26. The predicted octanol–water partition coefficient (Wildman–Crippen LogP) is 3.70. The fourth-order valence-electron chi connectivity index (χ4n) is 2.26. The maximum absolute atomic E-state index is 13.4. The van der Waals surface area contributed by atoms with E-state index in [1.54, 1.807) is 6.20 Å². The van der Waals surface area contributed by atoms with Gasteiger partial charge in [-0.05, 0) is 42.8 Å². The lowest BCUT2D eigenvalue weighted by Gasteiger charge is -2.19. The Balaban J connectivity index is 2.33. The van der Waals surface area contributed by atoms with Crippen LogP contribution in [0.2, 0.25) is 0 Å². The Morgan fingerprint density at radius 2 is 1.86 bits per heavy atom. The van der Waals surface area contributed by atoms with Gasteiger partial charge < -0.3 is 5.32 Å². The molecule has 1 atom stereocenters. The first-order valence-electron chi connectivity index (χ1n) is 6.81. The zero-order chi connectivity index (χ0) is 15.4. The van der Waals surface area contributed by atoms with Crippen LogP contribution in [0.3, 0.4) is 0 Å². The number of rotatable bonds is 5. The number of likely N-dealkylation sites (N-methyl/N-ethyl adjacent to an activating group) is 1. The Labute approximate surface area is 122 Å². The number of halogens is 3. The van der Waals surface area contributed by atoms with Crippen LogP contribution in [0.5, 0.6) is 0 Å². The van der Waals surface area contributed by atoms with Gasteiger partial charge in [0.25, 0.3) is 0 Å². The van der Waals surface area contributed by atoms with E-state index in [9.17, 15) is 13.2 Å². The smallest absolute Gasteiger partial charge is 0.194 e. The van der Waals surface area contributed by atoms with E-state index < -0.39 is 17.5 Å². The van der Waals surface area contributed by atoms with Gasteiger partial charge in [0.15, 0.2) is 17.5 Å². The largest absolute Gasteiger partial charge is 0.310 e. The Morgan fingerprint density at radius 3 is 2.43 bits per heavy atom. The summed E-state index contributed by atoms with van der Waals surface area (Å²) < 4.78 is 39.9. The summed E-state index contributed by atoms with van der Waals surface area (Å²) in [4.78, 5) is 4.29. The number of hydrogen-bond donors (Lipinski definition) is 1. The topological polar surface area (TPSA) is 24.9 Å². The molecule has 0 aliphatic heterocycles. The van der Waals surface area contributed by atoms with E-state index in [1.165, 1.54) is 0 Å². The molecule has 0 spiro atoms. The number of hydrogen-bond acceptors (Lipinski definition) is 2. The van der Waals surface area contributed by atoms with E-state index in [4.69, 9.17) is 0 Å². The molecule has 0 saturated heterocycles. The highest BCUT2D eigenvalue weighted by Gasteiger charge is 2.18. The van der Waals surface area contributed by atoms with Crippen molar-refractivity contribution in [3.05, 3.63) is 64.7 Å². The van der Waals surface area contributed by atoms with Gasteiger partial charge in [0.2, 0.25) is 0 Å². The van der Waals surface area contributed by atoms with Crippen LogP contribution in [0.15, 0.2) is 30.5 Å². The highest BCUT2D eigenvalue weighted by molar-refractivity contribution is 5.26. The molecular weight excluding hydrogens is 277 g/mol. The Kier molecular flexibility index (Phi) is 4.96. The molecule has 0 radical (unpaired) electrons. The van der Waals surface area contributed by atoms with Gasteiger partial charge >= 0.3 is 0 Å². The molecular formula is C16H17F3N2. The van der Waals surface area contributed by atoms with Gasteiger partial charge in [-0.3, -0.25) is 4.98 Å². The average Bonchev–Trinajstić information content (AvgIpc) is 2.46. The van der Waals surface area contributed by atoms with E-state index in [0.29, 0.717) is 18.5 Å². The second kappa shape index (κ2) is 6.72. The van der Waals surface area contributed by atoms with E-state index in [0.717, 1.165) is 23.4 Å². The third-order valence-electron chi connectivity index (χ3n) is 3.37. The summed E-state index contributed by atoms with van der Waals surface area (Å²) in [5.41, 5.74) is 2.22. The van der Waals surface area contributed by atoms with Crippen LogP contribution in [0.25, 0.3) is 0 Å². The Bertz CT molecular complexity index is 606. The van der Waals surface area contributed by atoms with Crippen molar-refractivity contribution in [3.8, 4) is 0 Å². The van der Waals surface area contributed by atoms with E-state index in [1.807, 2.05) is 26.0 Å². The highest BCUT2D eigenvalue weighted by Crippen LogP contribution is 2.23. The van der Waals surface area contributed by atoms with Crippen molar-refractivity contribution in [3.63, 3.8) is 0 Å². The van der Waals surface area contributed by atoms with E-state index >= 15 is 0 Å². The van der Waals surface area contributed by atoms with Crippen molar-refractivity contribution in [1.82, 2.24) is 10.3 Å². The SMILES string of the molecule is CCNC(Cc1ncccc1C)c1cc(F)c(F)c(F)c1. The quantitative estimate of drug-likeness (QED) is 0.851. The van der Waals surface area contributed by atoms with Gasteiger partial charge in [-0.15, -0.1) is 0 Å². The minimum atomic E-state index is -1.44. The molecule has 1 aromatic carbocycles. The number of aromatic nitrogens is 1. The number of pyridine rings is 1. The first kappa shape index (κ1) is 15.5. The molecule has 0 aliphatic carbocycles. The lowest BCUT2D eigenvalue weighted by Crippen LogP contribution is -2.24. The van der Waals surface area contributed by atoms with Crippen LogP contribution >= 0.6 is 0 Å². The first-order chi connectivity index (χ1) is 10.0. The molecule has 1 aromatic heterocycles. The Hall–Kier alpha value is -1.88. The van der Waals surface area contributed by atoms with Gasteiger partial charge in [-0.1, -0.05) is 13.0 Å². The third-order valence-corrected chi connectivity index (χ3v) is 3.37. The monoisotopic (exact) mass is 294 g/mol. The molecule has 1 N–H and O–H groups in total. The van der Waals surface area contributed by atoms with Gasteiger partial charge in [0.05, 0.1) is 0 Å². The minimum absolute atomic E-state index is 0.326. The van der Waals surface area contributed by atoms with Gasteiger partial charge in [0, 0.05) is 24.4 Å². The number of nitrogens with one attached hydrogen (secondary N) is 1. The number of nitrogens with zero attached hydrogens (tertiary/aromatic N) is 1. The maximum Gasteiger partial charge on any atom is 0.194 e. The summed E-state index contributed by atoms with van der Waals surface area (Å²) in [6, 6.07) is 5.50. The van der Waals surface area contributed by atoms with Crippen molar-refractivity contribution < 1.29 is 13.2 Å². The summed E-state index contributed by atoms with van der Waals surface area (Å²) in [7, 11) is 0. The lowest BCUT2D eigenvalue weighted by atomic mass is 9.99. The molecule has 5 heteroatoms. The van der Waals surface area contributed by atoms with Crippen LogP contribution in [0, 0.1) is 24.4 Å². The van der Waals surface area contributed by atoms with Crippen molar-refractivity contribution in [2.75, 3.05) is 6.54 Å². The number of aryl methyl sites for hydroxylation is 1. The molecule has 1 unspecified atom stereocenters. The second-order valence-electron chi connectivity index (χ2n) is 4.88. The number of benzene rings is 1.